The summed E-state index contributed by atoms with van der Waals surface area (Å²) in [7, 11) is 0. The molecule has 0 saturated heterocycles. The molecule has 7 heteroatoms. The number of nitrogens with one attached hydrogen (secondary N) is 2. The van der Waals surface area contributed by atoms with Crippen molar-refractivity contribution >= 4 is 49.9 Å². The molecule has 5 nitrogen and oxygen atoms in total. The molecular formula is C20H16BrN3O2S. The Hall–Kier alpha value is -2.51. The van der Waals surface area contributed by atoms with Gasteiger partial charge in [-0.05, 0) is 29.3 Å². The van der Waals surface area contributed by atoms with E-state index in [0.29, 0.717) is 10.8 Å². The van der Waals surface area contributed by atoms with Crippen molar-refractivity contribution in [2.24, 2.45) is 0 Å². The van der Waals surface area contributed by atoms with E-state index in [4.69, 9.17) is 0 Å². The summed E-state index contributed by atoms with van der Waals surface area (Å²) in [5.41, 5.74) is 2.71. The van der Waals surface area contributed by atoms with Crippen LogP contribution in [-0.4, -0.2) is 16.8 Å². The lowest BCUT2D eigenvalue weighted by atomic mass is 9.90. The van der Waals surface area contributed by atoms with E-state index in [1.807, 2.05) is 36.4 Å². The maximum Gasteiger partial charge on any atom is 0.234 e. The fraction of sp³-hybridized carbons (Fsp3) is 0.150. The molecule has 27 heavy (non-hydrogen) atoms. The minimum absolute atomic E-state index is 0.139. The lowest BCUT2D eigenvalue weighted by molar-refractivity contribution is -0.123. The Kier molecular flexibility index (Phi) is 5.05. The van der Waals surface area contributed by atoms with Crippen LogP contribution in [0.15, 0.2) is 59.2 Å². The van der Waals surface area contributed by atoms with Gasteiger partial charge >= 0.3 is 0 Å². The van der Waals surface area contributed by atoms with Gasteiger partial charge in [0.25, 0.3) is 0 Å². The van der Waals surface area contributed by atoms with Crippen molar-refractivity contribution in [2.45, 2.75) is 18.8 Å². The molecule has 1 aromatic heterocycles. The zero-order valence-electron chi connectivity index (χ0n) is 14.2. The number of nitrogens with zero attached hydrogens (tertiary/aromatic N) is 1. The molecule has 1 atom stereocenters. The minimum atomic E-state index is -0.506. The number of halogens is 1. The SMILES string of the molecule is O=C1CC(C(=O)Nc2ncc(Cc3ccc(Br)cc3)s2)c2ccccc2N1. The number of anilines is 2. The van der Waals surface area contributed by atoms with Crippen LogP contribution >= 0.6 is 27.3 Å². The number of rotatable bonds is 4. The van der Waals surface area contributed by atoms with E-state index in [9.17, 15) is 9.59 Å². The minimum Gasteiger partial charge on any atom is -0.326 e. The Labute approximate surface area is 169 Å². The van der Waals surface area contributed by atoms with Crippen LogP contribution in [0.25, 0.3) is 0 Å². The molecule has 0 saturated carbocycles. The van der Waals surface area contributed by atoms with Gasteiger partial charge in [-0.25, -0.2) is 4.98 Å². The molecule has 2 N–H and O–H groups in total. The van der Waals surface area contributed by atoms with Crippen LogP contribution in [0.1, 0.15) is 28.3 Å². The van der Waals surface area contributed by atoms with Crippen molar-refractivity contribution in [1.29, 1.82) is 0 Å². The molecule has 0 radical (unpaired) electrons. The first-order chi connectivity index (χ1) is 13.1. The van der Waals surface area contributed by atoms with Crippen LogP contribution in [0.2, 0.25) is 0 Å². The number of fused-ring (bicyclic) bond motifs is 1. The van der Waals surface area contributed by atoms with Crippen LogP contribution in [0.4, 0.5) is 10.8 Å². The number of amides is 2. The van der Waals surface area contributed by atoms with Gasteiger partial charge in [0.2, 0.25) is 11.8 Å². The standard InChI is InChI=1S/C20H16BrN3O2S/c21-13-7-5-12(6-8-13)9-14-11-22-20(27-14)24-19(26)16-10-18(25)23-17-4-2-1-3-15(16)17/h1-8,11,16H,9-10H2,(H,23,25)(H,22,24,26). The first-order valence-electron chi connectivity index (χ1n) is 8.47. The summed E-state index contributed by atoms with van der Waals surface area (Å²) in [6.45, 7) is 0. The molecule has 4 rings (SSSR count). The zero-order valence-corrected chi connectivity index (χ0v) is 16.6. The van der Waals surface area contributed by atoms with Gasteiger partial charge in [0.15, 0.2) is 5.13 Å². The monoisotopic (exact) mass is 441 g/mol. The first-order valence-corrected chi connectivity index (χ1v) is 10.1. The molecule has 0 spiro atoms. The van der Waals surface area contributed by atoms with Gasteiger partial charge in [-0.1, -0.05) is 46.3 Å². The van der Waals surface area contributed by atoms with Gasteiger partial charge in [-0.15, -0.1) is 11.3 Å². The Morgan fingerprint density at radius 2 is 2.00 bits per heavy atom. The number of benzene rings is 2. The number of hydrogen-bond acceptors (Lipinski definition) is 4. The van der Waals surface area contributed by atoms with Crippen molar-refractivity contribution < 1.29 is 9.59 Å². The number of thiazole rings is 1. The van der Waals surface area contributed by atoms with E-state index in [2.05, 4.69) is 43.7 Å². The summed E-state index contributed by atoms with van der Waals surface area (Å²) in [6, 6.07) is 15.5. The van der Waals surface area contributed by atoms with E-state index in [1.54, 1.807) is 6.20 Å². The van der Waals surface area contributed by atoms with Crippen molar-refractivity contribution in [1.82, 2.24) is 4.98 Å². The van der Waals surface area contributed by atoms with Crippen LogP contribution in [0.5, 0.6) is 0 Å². The van der Waals surface area contributed by atoms with Crippen LogP contribution < -0.4 is 10.6 Å². The van der Waals surface area contributed by atoms with E-state index < -0.39 is 5.92 Å². The largest absolute Gasteiger partial charge is 0.326 e. The maximum absolute atomic E-state index is 12.8. The third kappa shape index (κ3) is 4.09. The predicted octanol–water partition coefficient (Wildman–Crippen LogP) is 4.56. The van der Waals surface area contributed by atoms with E-state index in [-0.39, 0.29) is 18.2 Å². The Morgan fingerprint density at radius 1 is 1.22 bits per heavy atom. The molecule has 2 amide bonds. The van der Waals surface area contributed by atoms with Gasteiger partial charge in [-0.2, -0.15) is 0 Å². The van der Waals surface area contributed by atoms with Gasteiger partial charge in [0.1, 0.15) is 0 Å². The zero-order chi connectivity index (χ0) is 18.8. The van der Waals surface area contributed by atoms with Gasteiger partial charge < -0.3 is 10.6 Å². The second-order valence-corrected chi connectivity index (χ2v) is 8.35. The highest BCUT2D eigenvalue weighted by molar-refractivity contribution is 9.10. The number of hydrogen-bond donors (Lipinski definition) is 2. The van der Waals surface area contributed by atoms with E-state index in [1.165, 1.54) is 16.9 Å². The van der Waals surface area contributed by atoms with Crippen molar-refractivity contribution in [3.8, 4) is 0 Å². The number of aromatic nitrogens is 1. The Balaban J connectivity index is 1.47. The lowest BCUT2D eigenvalue weighted by Gasteiger charge is -2.24. The average molecular weight is 442 g/mol. The molecular weight excluding hydrogens is 426 g/mol. The number of para-hydroxylation sites is 1. The fourth-order valence-electron chi connectivity index (χ4n) is 3.09. The summed E-state index contributed by atoms with van der Waals surface area (Å²) in [5.74, 6) is -0.862. The normalized spacial score (nSPS) is 15.7. The van der Waals surface area contributed by atoms with E-state index in [0.717, 1.165) is 21.3 Å². The van der Waals surface area contributed by atoms with Crippen LogP contribution in [0, 0.1) is 0 Å². The number of carbonyl (C=O) groups excluding carboxylic acids is 2. The van der Waals surface area contributed by atoms with Crippen LogP contribution in [0.3, 0.4) is 0 Å². The molecule has 1 aliphatic heterocycles. The summed E-state index contributed by atoms with van der Waals surface area (Å²) < 4.78 is 1.04. The molecule has 3 aromatic rings. The van der Waals surface area contributed by atoms with Crippen molar-refractivity contribution in [2.75, 3.05) is 10.6 Å². The molecule has 2 heterocycles. The first kappa shape index (κ1) is 17.9. The summed E-state index contributed by atoms with van der Waals surface area (Å²) in [6.07, 6.45) is 2.68. The van der Waals surface area contributed by atoms with Gasteiger partial charge in [0.05, 0.1) is 5.92 Å². The highest BCUT2D eigenvalue weighted by Gasteiger charge is 2.30. The lowest BCUT2D eigenvalue weighted by Crippen LogP contribution is -2.30. The van der Waals surface area contributed by atoms with Crippen molar-refractivity contribution in [3.63, 3.8) is 0 Å². The van der Waals surface area contributed by atoms with Gasteiger partial charge in [-0.3, -0.25) is 9.59 Å². The smallest absolute Gasteiger partial charge is 0.234 e. The van der Waals surface area contributed by atoms with Crippen LogP contribution in [-0.2, 0) is 16.0 Å². The maximum atomic E-state index is 12.8. The molecule has 0 bridgehead atoms. The molecule has 0 fully saturated rings. The molecule has 136 valence electrons. The number of carbonyl (C=O) groups is 2. The summed E-state index contributed by atoms with van der Waals surface area (Å²) >= 11 is 4.88. The van der Waals surface area contributed by atoms with E-state index >= 15 is 0 Å². The van der Waals surface area contributed by atoms with Crippen molar-refractivity contribution in [3.05, 3.63) is 75.2 Å². The molecule has 0 aliphatic carbocycles. The average Bonchev–Trinajstić information content (AvgIpc) is 3.09. The molecule has 1 unspecified atom stereocenters. The predicted molar refractivity (Wildman–Crippen MR) is 110 cm³/mol. The molecule has 2 aromatic carbocycles. The third-order valence-electron chi connectivity index (χ3n) is 4.39. The Bertz CT molecular complexity index is 1000. The highest BCUT2D eigenvalue weighted by atomic mass is 79.9. The quantitative estimate of drug-likeness (QED) is 0.623. The fourth-order valence-corrected chi connectivity index (χ4v) is 4.20. The Morgan fingerprint density at radius 3 is 2.81 bits per heavy atom. The van der Waals surface area contributed by atoms with Gasteiger partial charge in [0, 0.05) is 34.1 Å². The second kappa shape index (κ2) is 7.62. The summed E-state index contributed by atoms with van der Waals surface area (Å²) in [4.78, 5) is 30.0. The second-order valence-electron chi connectivity index (χ2n) is 6.32. The third-order valence-corrected chi connectivity index (χ3v) is 5.83. The molecule has 1 aliphatic rings. The topological polar surface area (TPSA) is 71.1 Å². The highest BCUT2D eigenvalue weighted by Crippen LogP contribution is 2.33. The summed E-state index contributed by atoms with van der Waals surface area (Å²) in [5, 5.41) is 6.23.